The number of thioether (sulfide) groups is 1. The van der Waals surface area contributed by atoms with E-state index in [4.69, 9.17) is 12.2 Å². The Morgan fingerprint density at radius 1 is 1.22 bits per heavy atom. The topological polar surface area (TPSA) is 69.3 Å². The first-order chi connectivity index (χ1) is 17.7. The van der Waals surface area contributed by atoms with E-state index in [9.17, 15) is 14.9 Å². The summed E-state index contributed by atoms with van der Waals surface area (Å²) in [6.45, 7) is 10.8. The smallest absolute Gasteiger partial charge is 0.270 e. The molecule has 1 amide bonds. The Bertz CT molecular complexity index is 1340. The van der Waals surface area contributed by atoms with Crippen LogP contribution in [0.2, 0.25) is 0 Å². The largest absolute Gasteiger partial charge is 0.357 e. The van der Waals surface area contributed by atoms with Crippen molar-refractivity contribution in [2.45, 2.75) is 66.5 Å². The lowest BCUT2D eigenvalue weighted by atomic mass is 9.98. The zero-order valence-electron chi connectivity index (χ0n) is 22.0. The van der Waals surface area contributed by atoms with Gasteiger partial charge in [0, 0.05) is 25.2 Å². The standard InChI is InChI=1S/C29H34N4O2S2/c1-5-6-14-32-26(31-13-7-8-20(3)17-31)23(21(4)24(16-30)27(32)34)15-25-28(35)33(29(36)37-25)18-22-11-9-19(2)10-12-22/h9-12,15,20H,5-8,13-14,17-18H2,1-4H3/b25-15+. The minimum Gasteiger partial charge on any atom is -0.357 e. The summed E-state index contributed by atoms with van der Waals surface area (Å²) in [4.78, 5) is 31.4. The van der Waals surface area contributed by atoms with E-state index in [1.54, 1.807) is 9.47 Å². The molecule has 0 spiro atoms. The van der Waals surface area contributed by atoms with Crippen molar-refractivity contribution >= 4 is 46.1 Å². The molecule has 6 nitrogen and oxygen atoms in total. The predicted octanol–water partition coefficient (Wildman–Crippen LogP) is 5.77. The van der Waals surface area contributed by atoms with Crippen LogP contribution in [0.3, 0.4) is 0 Å². The molecule has 1 atom stereocenters. The second-order valence-corrected chi connectivity index (χ2v) is 11.8. The molecule has 2 aliphatic heterocycles. The second-order valence-electron chi connectivity index (χ2n) is 10.1. The Labute approximate surface area is 229 Å². The van der Waals surface area contributed by atoms with E-state index >= 15 is 0 Å². The van der Waals surface area contributed by atoms with E-state index in [1.807, 2.05) is 44.2 Å². The molecule has 0 N–H and O–H groups in total. The fourth-order valence-electron chi connectivity index (χ4n) is 5.03. The maximum absolute atomic E-state index is 13.5. The number of benzene rings is 1. The summed E-state index contributed by atoms with van der Waals surface area (Å²) in [6.07, 6.45) is 5.83. The summed E-state index contributed by atoms with van der Waals surface area (Å²) in [5.74, 6) is 1.18. The molecule has 37 heavy (non-hydrogen) atoms. The summed E-state index contributed by atoms with van der Waals surface area (Å²) >= 11 is 6.89. The fourth-order valence-corrected chi connectivity index (χ4v) is 6.27. The molecule has 0 aliphatic carbocycles. The van der Waals surface area contributed by atoms with Crippen LogP contribution < -0.4 is 10.5 Å². The fraction of sp³-hybridized carbons (Fsp3) is 0.448. The highest BCUT2D eigenvalue weighted by atomic mass is 32.2. The van der Waals surface area contributed by atoms with Gasteiger partial charge in [0.2, 0.25) is 0 Å². The molecule has 1 unspecified atom stereocenters. The molecule has 2 saturated heterocycles. The number of thiocarbonyl (C=S) groups is 1. The van der Waals surface area contributed by atoms with Gasteiger partial charge < -0.3 is 4.90 Å². The molecule has 2 aliphatic rings. The van der Waals surface area contributed by atoms with Gasteiger partial charge in [0.05, 0.1) is 11.4 Å². The first-order valence-electron chi connectivity index (χ1n) is 13.0. The Hall–Kier alpha value is -2.89. The molecule has 1 aromatic carbocycles. The average molecular weight is 535 g/mol. The number of hydrogen-bond acceptors (Lipinski definition) is 6. The lowest BCUT2D eigenvalue weighted by molar-refractivity contribution is -0.122. The van der Waals surface area contributed by atoms with E-state index in [0.717, 1.165) is 61.3 Å². The number of anilines is 1. The molecule has 3 heterocycles. The number of pyridine rings is 1. The van der Waals surface area contributed by atoms with Crippen molar-refractivity contribution in [2.24, 2.45) is 5.92 Å². The van der Waals surface area contributed by atoms with Gasteiger partial charge in [0.25, 0.3) is 11.5 Å². The Morgan fingerprint density at radius 3 is 2.59 bits per heavy atom. The predicted molar refractivity (Wildman–Crippen MR) is 156 cm³/mol. The van der Waals surface area contributed by atoms with Crippen molar-refractivity contribution in [3.05, 3.63) is 67.3 Å². The third-order valence-electron chi connectivity index (χ3n) is 7.15. The van der Waals surface area contributed by atoms with Crippen LogP contribution in [0.5, 0.6) is 0 Å². The van der Waals surface area contributed by atoms with Crippen molar-refractivity contribution in [3.8, 4) is 6.07 Å². The Morgan fingerprint density at radius 2 is 1.95 bits per heavy atom. The zero-order valence-corrected chi connectivity index (χ0v) is 23.7. The van der Waals surface area contributed by atoms with Gasteiger partial charge in [-0.1, -0.05) is 74.1 Å². The van der Waals surface area contributed by atoms with Crippen LogP contribution in [0, 0.1) is 31.1 Å². The molecule has 0 bridgehead atoms. The van der Waals surface area contributed by atoms with Gasteiger partial charge in [-0.05, 0) is 56.2 Å². The third kappa shape index (κ3) is 5.68. The van der Waals surface area contributed by atoms with Crippen LogP contribution in [0.4, 0.5) is 5.82 Å². The number of rotatable bonds is 7. The van der Waals surface area contributed by atoms with Crippen LogP contribution in [0.25, 0.3) is 6.08 Å². The first kappa shape index (κ1) is 27.2. The molecular formula is C29H34N4O2S2. The van der Waals surface area contributed by atoms with Gasteiger partial charge in [0.1, 0.15) is 21.8 Å². The second kappa shape index (κ2) is 11.7. The number of unbranched alkanes of at least 4 members (excludes halogenated alkanes) is 1. The minimum absolute atomic E-state index is 0.141. The molecule has 0 radical (unpaired) electrons. The van der Waals surface area contributed by atoms with Crippen LogP contribution in [0.15, 0.2) is 34.0 Å². The van der Waals surface area contributed by atoms with E-state index in [-0.39, 0.29) is 17.0 Å². The average Bonchev–Trinajstić information content (AvgIpc) is 3.13. The minimum atomic E-state index is -0.245. The van der Waals surface area contributed by atoms with Gasteiger partial charge in [0.15, 0.2) is 0 Å². The molecule has 8 heteroatoms. The van der Waals surface area contributed by atoms with E-state index in [0.29, 0.717) is 33.8 Å². The van der Waals surface area contributed by atoms with Crippen LogP contribution in [-0.2, 0) is 17.9 Å². The lowest BCUT2D eigenvalue weighted by Crippen LogP contribution is -2.40. The number of carbonyl (C=O) groups excluding carboxylic acids is 1. The highest BCUT2D eigenvalue weighted by molar-refractivity contribution is 8.26. The molecule has 0 saturated carbocycles. The number of aromatic nitrogens is 1. The molecule has 4 rings (SSSR count). The number of nitrogens with zero attached hydrogens (tertiary/aromatic N) is 4. The van der Waals surface area contributed by atoms with Crippen molar-refractivity contribution in [2.75, 3.05) is 18.0 Å². The summed E-state index contributed by atoms with van der Waals surface area (Å²) in [6, 6.07) is 10.2. The maximum atomic E-state index is 13.5. The number of hydrogen-bond donors (Lipinski definition) is 0. The van der Waals surface area contributed by atoms with Crippen molar-refractivity contribution < 1.29 is 4.79 Å². The zero-order chi connectivity index (χ0) is 26.7. The highest BCUT2D eigenvalue weighted by Gasteiger charge is 2.33. The van der Waals surface area contributed by atoms with Crippen molar-refractivity contribution in [1.82, 2.24) is 9.47 Å². The maximum Gasteiger partial charge on any atom is 0.270 e. The van der Waals surface area contributed by atoms with E-state index in [1.165, 1.54) is 11.8 Å². The summed E-state index contributed by atoms with van der Waals surface area (Å²) < 4.78 is 2.29. The molecule has 1 aromatic heterocycles. The molecule has 2 fully saturated rings. The Balaban J connectivity index is 1.81. The Kier molecular flexibility index (Phi) is 8.56. The van der Waals surface area contributed by atoms with Crippen LogP contribution in [0.1, 0.15) is 67.3 Å². The van der Waals surface area contributed by atoms with E-state index in [2.05, 4.69) is 24.8 Å². The summed E-state index contributed by atoms with van der Waals surface area (Å²) in [7, 11) is 0. The number of nitriles is 1. The van der Waals surface area contributed by atoms with E-state index < -0.39 is 0 Å². The molecule has 2 aromatic rings. The lowest BCUT2D eigenvalue weighted by Gasteiger charge is -2.36. The first-order valence-corrected chi connectivity index (χ1v) is 14.2. The van der Waals surface area contributed by atoms with Gasteiger partial charge in [-0.3, -0.25) is 19.1 Å². The van der Waals surface area contributed by atoms with Crippen molar-refractivity contribution in [3.63, 3.8) is 0 Å². The number of aryl methyl sites for hydroxylation is 1. The molecule has 194 valence electrons. The van der Waals surface area contributed by atoms with Crippen LogP contribution >= 0.6 is 24.0 Å². The monoisotopic (exact) mass is 534 g/mol. The summed E-state index contributed by atoms with van der Waals surface area (Å²) in [5.41, 5.74) is 3.48. The van der Waals surface area contributed by atoms with Gasteiger partial charge in [-0.2, -0.15) is 5.26 Å². The quantitative estimate of drug-likeness (QED) is 0.332. The van der Waals surface area contributed by atoms with Crippen LogP contribution in [-0.4, -0.2) is 32.8 Å². The van der Waals surface area contributed by atoms with Gasteiger partial charge in [-0.25, -0.2) is 0 Å². The number of piperidine rings is 1. The number of amides is 1. The number of carbonyl (C=O) groups is 1. The highest BCUT2D eigenvalue weighted by Crippen LogP contribution is 2.37. The normalized spacial score (nSPS) is 19.1. The summed E-state index contributed by atoms with van der Waals surface area (Å²) in [5, 5.41) is 9.90. The molecular weight excluding hydrogens is 500 g/mol. The SMILES string of the molecule is CCCCn1c(N2CCCC(C)C2)c(/C=C2/SC(=S)N(Cc3ccc(C)cc3)C2=O)c(C)c(C#N)c1=O. The van der Waals surface area contributed by atoms with Gasteiger partial charge >= 0.3 is 0 Å². The van der Waals surface area contributed by atoms with Crippen molar-refractivity contribution in [1.29, 1.82) is 5.26 Å². The third-order valence-corrected chi connectivity index (χ3v) is 8.53. The van der Waals surface area contributed by atoms with Gasteiger partial charge in [-0.15, -0.1) is 0 Å².